The molecule has 2 rings (SSSR count). The van der Waals surface area contributed by atoms with E-state index in [0.717, 1.165) is 11.3 Å². The molecule has 4 heteroatoms. The van der Waals surface area contributed by atoms with Gasteiger partial charge in [-0.2, -0.15) is 0 Å². The summed E-state index contributed by atoms with van der Waals surface area (Å²) in [5.74, 6) is 5.52. The summed E-state index contributed by atoms with van der Waals surface area (Å²) in [4.78, 5) is 8.24. The van der Waals surface area contributed by atoms with Crippen LogP contribution in [-0.4, -0.2) is 9.97 Å². The van der Waals surface area contributed by atoms with Crippen LogP contribution in [0.25, 0.3) is 0 Å². The van der Waals surface area contributed by atoms with Crippen LogP contribution in [0.5, 0.6) is 0 Å². The van der Waals surface area contributed by atoms with E-state index in [2.05, 4.69) is 15.4 Å². The maximum atomic E-state index is 5.52. The van der Waals surface area contributed by atoms with Gasteiger partial charge in [0.15, 0.2) is 0 Å². The lowest BCUT2D eigenvalue weighted by molar-refractivity contribution is 0.618. The van der Waals surface area contributed by atoms with Gasteiger partial charge in [-0.15, -0.1) is 0 Å². The molecule has 1 heterocycles. The van der Waals surface area contributed by atoms with Gasteiger partial charge in [-0.25, -0.2) is 5.43 Å². The number of nitrogens with one attached hydrogen (secondary N) is 1. The average Bonchev–Trinajstić information content (AvgIpc) is 2.33. The maximum Gasteiger partial charge on any atom is 0.0897 e. The Balaban J connectivity index is 2.34. The molecular formula is C11H12N4. The predicted molar refractivity (Wildman–Crippen MR) is 57.6 cm³/mol. The molecule has 0 saturated heterocycles. The monoisotopic (exact) mass is 200 g/mol. The fourth-order valence-electron chi connectivity index (χ4n) is 1.46. The van der Waals surface area contributed by atoms with Crippen molar-refractivity contribution in [3.05, 3.63) is 60.2 Å². The van der Waals surface area contributed by atoms with Crippen LogP contribution in [0, 0.1) is 0 Å². The molecule has 15 heavy (non-hydrogen) atoms. The fraction of sp³-hybridized carbons (Fsp3) is 0.0909. The van der Waals surface area contributed by atoms with E-state index in [4.69, 9.17) is 5.84 Å². The van der Waals surface area contributed by atoms with Crippen LogP contribution in [0.3, 0.4) is 0 Å². The van der Waals surface area contributed by atoms with Crippen molar-refractivity contribution in [2.75, 3.05) is 0 Å². The third-order valence-corrected chi connectivity index (χ3v) is 2.18. The SMILES string of the molecule is NNC(c1ccccc1)c1cnccn1. The van der Waals surface area contributed by atoms with Gasteiger partial charge in [-0.3, -0.25) is 15.8 Å². The van der Waals surface area contributed by atoms with Gasteiger partial charge in [0.25, 0.3) is 0 Å². The molecule has 3 N–H and O–H groups in total. The normalized spacial score (nSPS) is 12.3. The predicted octanol–water partition coefficient (Wildman–Crippen LogP) is 1.03. The van der Waals surface area contributed by atoms with Crippen LogP contribution < -0.4 is 11.3 Å². The summed E-state index contributed by atoms with van der Waals surface area (Å²) in [6, 6.07) is 9.79. The summed E-state index contributed by atoms with van der Waals surface area (Å²) >= 11 is 0. The van der Waals surface area contributed by atoms with Gasteiger partial charge in [-0.1, -0.05) is 30.3 Å². The molecule has 1 aromatic carbocycles. The average molecular weight is 200 g/mol. The number of aromatic nitrogens is 2. The largest absolute Gasteiger partial charge is 0.271 e. The van der Waals surface area contributed by atoms with Crippen LogP contribution >= 0.6 is 0 Å². The molecule has 0 radical (unpaired) electrons. The smallest absolute Gasteiger partial charge is 0.0897 e. The van der Waals surface area contributed by atoms with Crippen LogP contribution in [-0.2, 0) is 0 Å². The molecule has 0 amide bonds. The molecule has 76 valence electrons. The third kappa shape index (κ3) is 2.18. The second-order valence-corrected chi connectivity index (χ2v) is 3.14. The van der Waals surface area contributed by atoms with E-state index in [9.17, 15) is 0 Å². The Bertz CT molecular complexity index is 362. The highest BCUT2D eigenvalue weighted by Gasteiger charge is 2.12. The Morgan fingerprint density at radius 3 is 2.53 bits per heavy atom. The van der Waals surface area contributed by atoms with Crippen LogP contribution in [0.15, 0.2) is 48.9 Å². The molecule has 0 aliphatic rings. The van der Waals surface area contributed by atoms with Gasteiger partial charge in [0.2, 0.25) is 0 Å². The zero-order valence-corrected chi connectivity index (χ0v) is 8.17. The minimum absolute atomic E-state index is 0.111. The molecule has 1 aromatic heterocycles. The van der Waals surface area contributed by atoms with E-state index in [-0.39, 0.29) is 6.04 Å². The van der Waals surface area contributed by atoms with Crippen molar-refractivity contribution < 1.29 is 0 Å². The Morgan fingerprint density at radius 2 is 1.93 bits per heavy atom. The van der Waals surface area contributed by atoms with Gasteiger partial charge in [0.05, 0.1) is 17.9 Å². The van der Waals surface area contributed by atoms with Crippen molar-refractivity contribution in [2.24, 2.45) is 5.84 Å². The van der Waals surface area contributed by atoms with Crippen LogP contribution in [0.2, 0.25) is 0 Å². The van der Waals surface area contributed by atoms with Crippen LogP contribution in [0.1, 0.15) is 17.3 Å². The van der Waals surface area contributed by atoms with E-state index in [0.29, 0.717) is 0 Å². The lowest BCUT2D eigenvalue weighted by atomic mass is 10.1. The molecule has 1 unspecified atom stereocenters. The molecule has 0 aliphatic carbocycles. The lowest BCUT2D eigenvalue weighted by Crippen LogP contribution is -2.29. The Hall–Kier alpha value is -1.78. The van der Waals surface area contributed by atoms with E-state index < -0.39 is 0 Å². The van der Waals surface area contributed by atoms with Gasteiger partial charge in [0.1, 0.15) is 0 Å². The number of hydrazine groups is 1. The molecule has 0 saturated carbocycles. The third-order valence-electron chi connectivity index (χ3n) is 2.18. The second kappa shape index (κ2) is 4.63. The zero-order chi connectivity index (χ0) is 10.5. The minimum Gasteiger partial charge on any atom is -0.271 e. The number of nitrogens with zero attached hydrogens (tertiary/aromatic N) is 2. The summed E-state index contributed by atoms with van der Waals surface area (Å²) in [6.45, 7) is 0. The molecule has 1 atom stereocenters. The number of hydrogen-bond acceptors (Lipinski definition) is 4. The van der Waals surface area contributed by atoms with Crippen molar-refractivity contribution in [2.45, 2.75) is 6.04 Å². The Kier molecular flexibility index (Phi) is 3.02. The van der Waals surface area contributed by atoms with Crippen molar-refractivity contribution in [1.82, 2.24) is 15.4 Å². The van der Waals surface area contributed by atoms with Gasteiger partial charge >= 0.3 is 0 Å². The summed E-state index contributed by atoms with van der Waals surface area (Å²) in [7, 11) is 0. The Morgan fingerprint density at radius 1 is 1.13 bits per heavy atom. The standard InChI is InChI=1S/C11H12N4/c12-15-11(9-4-2-1-3-5-9)10-8-13-6-7-14-10/h1-8,11,15H,12H2. The minimum atomic E-state index is -0.111. The quantitative estimate of drug-likeness (QED) is 0.573. The molecule has 0 spiro atoms. The van der Waals surface area contributed by atoms with Crippen molar-refractivity contribution in [1.29, 1.82) is 0 Å². The Labute approximate surface area is 88.2 Å². The molecular weight excluding hydrogens is 188 g/mol. The van der Waals surface area contributed by atoms with Crippen molar-refractivity contribution in [3.8, 4) is 0 Å². The van der Waals surface area contributed by atoms with E-state index >= 15 is 0 Å². The molecule has 4 nitrogen and oxygen atoms in total. The molecule has 0 fully saturated rings. The van der Waals surface area contributed by atoms with Crippen molar-refractivity contribution >= 4 is 0 Å². The van der Waals surface area contributed by atoms with E-state index in [1.165, 1.54) is 0 Å². The molecule has 0 aliphatic heterocycles. The number of benzene rings is 1. The second-order valence-electron chi connectivity index (χ2n) is 3.14. The zero-order valence-electron chi connectivity index (χ0n) is 8.17. The number of rotatable bonds is 3. The summed E-state index contributed by atoms with van der Waals surface area (Å²) < 4.78 is 0. The molecule has 2 aromatic rings. The first kappa shape index (κ1) is 9.76. The first-order valence-electron chi connectivity index (χ1n) is 4.69. The first-order chi connectivity index (χ1) is 7.42. The summed E-state index contributed by atoms with van der Waals surface area (Å²) in [6.07, 6.45) is 5.00. The topological polar surface area (TPSA) is 63.8 Å². The number of hydrogen-bond donors (Lipinski definition) is 2. The highest BCUT2D eigenvalue weighted by atomic mass is 15.2. The molecule has 0 bridgehead atoms. The van der Waals surface area contributed by atoms with Gasteiger partial charge in [0, 0.05) is 12.4 Å². The van der Waals surface area contributed by atoms with Crippen molar-refractivity contribution in [3.63, 3.8) is 0 Å². The summed E-state index contributed by atoms with van der Waals surface area (Å²) in [5.41, 5.74) is 4.61. The van der Waals surface area contributed by atoms with Gasteiger partial charge < -0.3 is 0 Å². The fourth-order valence-corrected chi connectivity index (χ4v) is 1.46. The number of nitrogens with two attached hydrogens (primary N) is 1. The maximum absolute atomic E-state index is 5.52. The van der Waals surface area contributed by atoms with Crippen LogP contribution in [0.4, 0.5) is 0 Å². The summed E-state index contributed by atoms with van der Waals surface area (Å²) in [5, 5.41) is 0. The van der Waals surface area contributed by atoms with E-state index in [1.807, 2.05) is 30.3 Å². The van der Waals surface area contributed by atoms with E-state index in [1.54, 1.807) is 18.6 Å². The van der Waals surface area contributed by atoms with Gasteiger partial charge in [-0.05, 0) is 5.56 Å². The lowest BCUT2D eigenvalue weighted by Gasteiger charge is -2.14. The highest BCUT2D eigenvalue weighted by Crippen LogP contribution is 2.17. The highest BCUT2D eigenvalue weighted by molar-refractivity contribution is 5.25. The first-order valence-corrected chi connectivity index (χ1v) is 4.69.